The first kappa shape index (κ1) is 21.0. The second-order valence-corrected chi connectivity index (χ2v) is 8.34. The molecule has 0 bridgehead atoms. The van der Waals surface area contributed by atoms with Gasteiger partial charge in [0.15, 0.2) is 0 Å². The molecule has 1 heterocycles. The second-order valence-electron chi connectivity index (χ2n) is 8.34. The highest BCUT2D eigenvalue weighted by Gasteiger charge is 2.29. The predicted molar refractivity (Wildman–Crippen MR) is 109 cm³/mol. The van der Waals surface area contributed by atoms with Gasteiger partial charge in [-0.3, -0.25) is 4.79 Å². The van der Waals surface area contributed by atoms with Crippen molar-refractivity contribution in [2.24, 2.45) is 0 Å². The Morgan fingerprint density at radius 3 is 2.37 bits per heavy atom. The molecular weight excluding hydrogens is 340 g/mol. The number of amides is 2. The van der Waals surface area contributed by atoms with Crippen molar-refractivity contribution in [3.8, 4) is 0 Å². The summed E-state index contributed by atoms with van der Waals surface area (Å²) in [6.45, 7) is 11.0. The zero-order valence-corrected chi connectivity index (χ0v) is 17.4. The summed E-state index contributed by atoms with van der Waals surface area (Å²) >= 11 is 0. The minimum atomic E-state index is -0.499. The van der Waals surface area contributed by atoms with Gasteiger partial charge in [-0.25, -0.2) is 4.79 Å². The lowest BCUT2D eigenvalue weighted by atomic mass is 10.0. The van der Waals surface area contributed by atoms with Crippen LogP contribution >= 0.6 is 0 Å². The van der Waals surface area contributed by atoms with Crippen molar-refractivity contribution in [2.75, 3.05) is 20.1 Å². The SMILES string of the molecule is Cc1ccc(/C=C/C(=O)N2CCC(N(C)C(=O)OC(C)(C)C)CC2)c(C)c1. The maximum Gasteiger partial charge on any atom is 0.410 e. The van der Waals surface area contributed by atoms with Crippen molar-refractivity contribution in [1.82, 2.24) is 9.80 Å². The number of carbonyl (C=O) groups is 2. The summed E-state index contributed by atoms with van der Waals surface area (Å²) in [5, 5.41) is 0. The quantitative estimate of drug-likeness (QED) is 0.748. The molecule has 0 aromatic heterocycles. The van der Waals surface area contributed by atoms with E-state index in [0.29, 0.717) is 13.1 Å². The number of benzene rings is 1. The predicted octanol–water partition coefficient (Wildman–Crippen LogP) is 4.17. The fourth-order valence-corrected chi connectivity index (χ4v) is 3.24. The molecule has 0 atom stereocenters. The minimum absolute atomic E-state index is 0.0216. The fourth-order valence-electron chi connectivity index (χ4n) is 3.24. The molecule has 1 fully saturated rings. The second kappa shape index (κ2) is 8.59. The molecule has 1 aliphatic rings. The van der Waals surface area contributed by atoms with Gasteiger partial charge in [-0.15, -0.1) is 0 Å². The fraction of sp³-hybridized carbons (Fsp3) is 0.545. The van der Waals surface area contributed by atoms with Crippen molar-refractivity contribution in [3.63, 3.8) is 0 Å². The molecule has 0 saturated carbocycles. The number of aryl methyl sites for hydroxylation is 2. The normalized spacial score (nSPS) is 15.9. The molecule has 1 aliphatic heterocycles. The molecule has 5 heteroatoms. The Labute approximate surface area is 163 Å². The highest BCUT2D eigenvalue weighted by atomic mass is 16.6. The summed E-state index contributed by atoms with van der Waals surface area (Å²) in [7, 11) is 1.77. The highest BCUT2D eigenvalue weighted by Crippen LogP contribution is 2.19. The van der Waals surface area contributed by atoms with Crippen LogP contribution in [0.3, 0.4) is 0 Å². The molecule has 0 aliphatic carbocycles. The monoisotopic (exact) mass is 372 g/mol. The van der Waals surface area contributed by atoms with Gasteiger partial charge in [0.05, 0.1) is 0 Å². The third-order valence-electron chi connectivity index (χ3n) is 4.84. The van der Waals surface area contributed by atoms with E-state index >= 15 is 0 Å². The van der Waals surface area contributed by atoms with Crippen molar-refractivity contribution in [1.29, 1.82) is 0 Å². The van der Waals surface area contributed by atoms with E-state index in [-0.39, 0.29) is 18.0 Å². The van der Waals surface area contributed by atoms with E-state index < -0.39 is 5.60 Å². The molecule has 2 amide bonds. The van der Waals surface area contributed by atoms with Crippen LogP contribution in [0.2, 0.25) is 0 Å². The van der Waals surface area contributed by atoms with E-state index in [2.05, 4.69) is 26.0 Å². The smallest absolute Gasteiger partial charge is 0.410 e. The number of nitrogens with zero attached hydrogens (tertiary/aromatic N) is 2. The van der Waals surface area contributed by atoms with Crippen molar-refractivity contribution >= 4 is 18.1 Å². The first-order valence-corrected chi connectivity index (χ1v) is 9.57. The standard InChI is InChI=1S/C22H32N2O3/c1-16-7-8-18(17(2)15-16)9-10-20(25)24-13-11-19(12-14-24)23(6)21(26)27-22(3,4)5/h7-10,15,19H,11-14H2,1-6H3/b10-9+. The number of carbonyl (C=O) groups excluding carboxylic acids is 2. The van der Waals surface area contributed by atoms with Crippen LogP contribution in [0.1, 0.15) is 50.3 Å². The van der Waals surface area contributed by atoms with Crippen molar-refractivity contribution in [3.05, 3.63) is 41.0 Å². The number of hydrogen-bond donors (Lipinski definition) is 0. The van der Waals surface area contributed by atoms with Gasteiger partial charge >= 0.3 is 6.09 Å². The van der Waals surface area contributed by atoms with Crippen LogP contribution in [-0.4, -0.2) is 53.6 Å². The van der Waals surface area contributed by atoms with Gasteiger partial charge in [-0.2, -0.15) is 0 Å². The first-order chi connectivity index (χ1) is 12.6. The van der Waals surface area contributed by atoms with Crippen LogP contribution in [0.5, 0.6) is 0 Å². The number of hydrogen-bond acceptors (Lipinski definition) is 3. The first-order valence-electron chi connectivity index (χ1n) is 9.57. The van der Waals surface area contributed by atoms with Gasteiger partial charge in [0.25, 0.3) is 0 Å². The zero-order valence-electron chi connectivity index (χ0n) is 17.4. The van der Waals surface area contributed by atoms with E-state index in [9.17, 15) is 9.59 Å². The van der Waals surface area contributed by atoms with Gasteiger partial charge in [0.2, 0.25) is 5.91 Å². The summed E-state index contributed by atoms with van der Waals surface area (Å²) in [5.74, 6) is 0.0216. The topological polar surface area (TPSA) is 49.9 Å². The van der Waals surface area contributed by atoms with Crippen molar-refractivity contribution in [2.45, 2.75) is 59.1 Å². The number of ether oxygens (including phenoxy) is 1. The van der Waals surface area contributed by atoms with Crippen LogP contribution in [-0.2, 0) is 9.53 Å². The average Bonchev–Trinajstić information content (AvgIpc) is 2.58. The summed E-state index contributed by atoms with van der Waals surface area (Å²) in [6.07, 6.45) is 4.76. The van der Waals surface area contributed by atoms with E-state index in [4.69, 9.17) is 4.74 Å². The van der Waals surface area contributed by atoms with Crippen LogP contribution in [0.25, 0.3) is 6.08 Å². The summed E-state index contributed by atoms with van der Waals surface area (Å²) in [5.41, 5.74) is 2.94. The molecule has 27 heavy (non-hydrogen) atoms. The minimum Gasteiger partial charge on any atom is -0.444 e. The molecule has 5 nitrogen and oxygen atoms in total. The van der Waals surface area contributed by atoms with Crippen molar-refractivity contribution < 1.29 is 14.3 Å². The largest absolute Gasteiger partial charge is 0.444 e. The Bertz CT molecular complexity index is 711. The lowest BCUT2D eigenvalue weighted by Crippen LogP contribution is -2.48. The van der Waals surface area contributed by atoms with Crippen LogP contribution < -0.4 is 0 Å². The number of likely N-dealkylation sites (tertiary alicyclic amines) is 1. The van der Waals surface area contributed by atoms with E-state index in [1.807, 2.05) is 37.8 Å². The van der Waals surface area contributed by atoms with Gasteiger partial charge in [-0.05, 0) is 64.7 Å². The van der Waals surface area contributed by atoms with Gasteiger partial charge in [0.1, 0.15) is 5.60 Å². The Morgan fingerprint density at radius 1 is 1.19 bits per heavy atom. The van der Waals surface area contributed by atoms with Crippen LogP contribution in [0, 0.1) is 13.8 Å². The Hall–Kier alpha value is -2.30. The lowest BCUT2D eigenvalue weighted by molar-refractivity contribution is -0.127. The maximum absolute atomic E-state index is 12.5. The average molecular weight is 373 g/mol. The molecule has 148 valence electrons. The van der Waals surface area contributed by atoms with Gasteiger partial charge in [0, 0.05) is 32.3 Å². The van der Waals surface area contributed by atoms with Crippen LogP contribution in [0.15, 0.2) is 24.3 Å². The maximum atomic E-state index is 12.5. The van der Waals surface area contributed by atoms with Gasteiger partial charge in [-0.1, -0.05) is 23.8 Å². The third-order valence-corrected chi connectivity index (χ3v) is 4.84. The molecular formula is C22H32N2O3. The lowest BCUT2D eigenvalue weighted by Gasteiger charge is -2.37. The van der Waals surface area contributed by atoms with E-state index in [0.717, 1.165) is 24.0 Å². The number of rotatable bonds is 3. The zero-order chi connectivity index (χ0) is 20.2. The number of piperidine rings is 1. The molecule has 1 aromatic carbocycles. The molecule has 0 radical (unpaired) electrons. The van der Waals surface area contributed by atoms with Gasteiger partial charge < -0.3 is 14.5 Å². The molecule has 0 N–H and O–H groups in total. The Kier molecular flexibility index (Phi) is 6.68. The van der Waals surface area contributed by atoms with Crippen LogP contribution in [0.4, 0.5) is 4.79 Å². The molecule has 0 unspecified atom stereocenters. The third kappa shape index (κ3) is 6.12. The molecule has 0 spiro atoms. The Morgan fingerprint density at radius 2 is 1.81 bits per heavy atom. The van der Waals surface area contributed by atoms with E-state index in [1.165, 1.54) is 5.56 Å². The highest BCUT2D eigenvalue weighted by molar-refractivity contribution is 5.92. The summed E-state index contributed by atoms with van der Waals surface area (Å²) in [6, 6.07) is 6.31. The summed E-state index contributed by atoms with van der Waals surface area (Å²) < 4.78 is 5.43. The van der Waals surface area contributed by atoms with E-state index in [1.54, 1.807) is 18.0 Å². The molecule has 1 saturated heterocycles. The molecule has 1 aromatic rings. The molecule has 2 rings (SSSR count). The Balaban J connectivity index is 1.88. The summed E-state index contributed by atoms with van der Waals surface area (Å²) in [4.78, 5) is 28.2.